The SMILES string of the molecule is CC(C)CCNC(=O)Nc1cccc(F)c1C(=O)O. The van der Waals surface area contributed by atoms with Crippen molar-refractivity contribution in [1.82, 2.24) is 5.32 Å². The van der Waals surface area contributed by atoms with E-state index >= 15 is 0 Å². The minimum atomic E-state index is -1.42. The fraction of sp³-hybridized carbons (Fsp3) is 0.385. The normalized spacial score (nSPS) is 10.3. The van der Waals surface area contributed by atoms with Gasteiger partial charge in [0.1, 0.15) is 11.4 Å². The lowest BCUT2D eigenvalue weighted by molar-refractivity contribution is 0.0693. The van der Waals surface area contributed by atoms with Crippen LogP contribution in [0.25, 0.3) is 0 Å². The van der Waals surface area contributed by atoms with Crippen LogP contribution in [0.15, 0.2) is 18.2 Å². The molecule has 0 radical (unpaired) electrons. The highest BCUT2D eigenvalue weighted by molar-refractivity contribution is 6.00. The Balaban J connectivity index is 2.69. The van der Waals surface area contributed by atoms with Crippen LogP contribution >= 0.6 is 0 Å². The highest BCUT2D eigenvalue weighted by Gasteiger charge is 2.16. The fourth-order valence-electron chi connectivity index (χ4n) is 1.49. The van der Waals surface area contributed by atoms with Gasteiger partial charge in [0.25, 0.3) is 0 Å². The summed E-state index contributed by atoms with van der Waals surface area (Å²) in [6.07, 6.45) is 0.808. The first-order chi connectivity index (χ1) is 8.91. The van der Waals surface area contributed by atoms with E-state index in [1.54, 1.807) is 0 Å². The molecule has 19 heavy (non-hydrogen) atoms. The third-order valence-electron chi connectivity index (χ3n) is 2.48. The average Bonchev–Trinajstić information content (AvgIpc) is 2.27. The first kappa shape index (κ1) is 14.9. The second-order valence-electron chi connectivity index (χ2n) is 4.53. The highest BCUT2D eigenvalue weighted by Crippen LogP contribution is 2.18. The molecular formula is C13H17FN2O3. The first-order valence-electron chi connectivity index (χ1n) is 5.98. The van der Waals surface area contributed by atoms with E-state index in [4.69, 9.17) is 5.11 Å². The topological polar surface area (TPSA) is 78.4 Å². The van der Waals surface area contributed by atoms with Gasteiger partial charge in [-0.25, -0.2) is 14.0 Å². The second kappa shape index (κ2) is 6.72. The Morgan fingerprint density at radius 2 is 2.05 bits per heavy atom. The molecule has 3 N–H and O–H groups in total. The lowest BCUT2D eigenvalue weighted by Crippen LogP contribution is -2.30. The van der Waals surface area contributed by atoms with Crippen molar-refractivity contribution in [1.29, 1.82) is 0 Å². The van der Waals surface area contributed by atoms with Crippen molar-refractivity contribution in [2.75, 3.05) is 11.9 Å². The van der Waals surface area contributed by atoms with Crippen molar-refractivity contribution in [2.45, 2.75) is 20.3 Å². The molecule has 0 bridgehead atoms. The maximum absolute atomic E-state index is 13.4. The summed E-state index contributed by atoms with van der Waals surface area (Å²) in [6, 6.07) is 3.17. The molecule has 0 spiro atoms. The van der Waals surface area contributed by atoms with E-state index in [-0.39, 0.29) is 5.69 Å². The van der Waals surface area contributed by atoms with Crippen molar-refractivity contribution in [3.8, 4) is 0 Å². The van der Waals surface area contributed by atoms with Gasteiger partial charge in [-0.05, 0) is 24.5 Å². The highest BCUT2D eigenvalue weighted by atomic mass is 19.1. The molecule has 0 aliphatic carbocycles. The number of rotatable bonds is 5. The third-order valence-corrected chi connectivity index (χ3v) is 2.48. The lowest BCUT2D eigenvalue weighted by atomic mass is 10.1. The molecule has 0 saturated carbocycles. The molecule has 0 aliphatic rings. The van der Waals surface area contributed by atoms with Crippen molar-refractivity contribution in [2.24, 2.45) is 5.92 Å². The quantitative estimate of drug-likeness (QED) is 0.768. The number of hydrogen-bond donors (Lipinski definition) is 3. The zero-order valence-electron chi connectivity index (χ0n) is 10.9. The Bertz CT molecular complexity index is 475. The maximum Gasteiger partial charge on any atom is 0.340 e. The molecule has 104 valence electrons. The molecule has 5 nitrogen and oxygen atoms in total. The summed E-state index contributed by atoms with van der Waals surface area (Å²) >= 11 is 0. The van der Waals surface area contributed by atoms with E-state index in [0.29, 0.717) is 12.5 Å². The zero-order valence-corrected chi connectivity index (χ0v) is 10.9. The molecule has 0 aliphatic heterocycles. The van der Waals surface area contributed by atoms with Crippen LogP contribution < -0.4 is 10.6 Å². The summed E-state index contributed by atoms with van der Waals surface area (Å²) in [5.41, 5.74) is -0.601. The van der Waals surface area contributed by atoms with Gasteiger partial charge in [-0.1, -0.05) is 19.9 Å². The number of urea groups is 1. The Hall–Kier alpha value is -2.11. The fourth-order valence-corrected chi connectivity index (χ4v) is 1.49. The summed E-state index contributed by atoms with van der Waals surface area (Å²) in [7, 11) is 0. The van der Waals surface area contributed by atoms with Gasteiger partial charge in [0.15, 0.2) is 0 Å². The largest absolute Gasteiger partial charge is 0.478 e. The number of hydrogen-bond acceptors (Lipinski definition) is 2. The van der Waals surface area contributed by atoms with Crippen LogP contribution in [0.2, 0.25) is 0 Å². The number of benzene rings is 1. The molecular weight excluding hydrogens is 251 g/mol. The van der Waals surface area contributed by atoms with Crippen molar-refractivity contribution < 1.29 is 19.1 Å². The smallest absolute Gasteiger partial charge is 0.340 e. The Kier molecular flexibility index (Phi) is 5.29. The molecule has 0 unspecified atom stereocenters. The number of carbonyl (C=O) groups is 2. The number of carboxylic acid groups (broad SMARTS) is 1. The van der Waals surface area contributed by atoms with Gasteiger partial charge in [-0.15, -0.1) is 0 Å². The zero-order chi connectivity index (χ0) is 14.4. The van der Waals surface area contributed by atoms with Gasteiger partial charge >= 0.3 is 12.0 Å². The minimum absolute atomic E-state index is 0.0606. The third kappa shape index (κ3) is 4.57. The molecule has 0 fully saturated rings. The number of nitrogens with one attached hydrogen (secondary N) is 2. The van der Waals surface area contributed by atoms with E-state index in [9.17, 15) is 14.0 Å². The Morgan fingerprint density at radius 1 is 1.37 bits per heavy atom. The van der Waals surface area contributed by atoms with E-state index in [1.165, 1.54) is 12.1 Å². The monoisotopic (exact) mass is 268 g/mol. The lowest BCUT2D eigenvalue weighted by Gasteiger charge is -2.11. The van der Waals surface area contributed by atoms with E-state index in [0.717, 1.165) is 12.5 Å². The average molecular weight is 268 g/mol. The van der Waals surface area contributed by atoms with Crippen LogP contribution in [0, 0.1) is 11.7 Å². The van der Waals surface area contributed by atoms with Crippen LogP contribution in [0.1, 0.15) is 30.6 Å². The molecule has 1 aromatic carbocycles. The van der Waals surface area contributed by atoms with E-state index < -0.39 is 23.4 Å². The van der Waals surface area contributed by atoms with Crippen LogP contribution in [0.4, 0.5) is 14.9 Å². The summed E-state index contributed by atoms with van der Waals surface area (Å²) < 4.78 is 13.4. The van der Waals surface area contributed by atoms with Gasteiger partial charge in [-0.2, -0.15) is 0 Å². The molecule has 0 aromatic heterocycles. The molecule has 0 saturated heterocycles. The number of halogens is 1. The summed E-state index contributed by atoms with van der Waals surface area (Å²) in [6.45, 7) is 4.52. The predicted octanol–water partition coefficient (Wildman–Crippen LogP) is 2.69. The van der Waals surface area contributed by atoms with E-state index in [1.807, 2.05) is 13.8 Å². The number of carbonyl (C=O) groups excluding carboxylic acids is 1. The van der Waals surface area contributed by atoms with Crippen molar-refractivity contribution >= 4 is 17.7 Å². The van der Waals surface area contributed by atoms with Crippen LogP contribution in [0.3, 0.4) is 0 Å². The van der Waals surface area contributed by atoms with E-state index in [2.05, 4.69) is 10.6 Å². The maximum atomic E-state index is 13.4. The number of amides is 2. The Labute approximate surface area is 110 Å². The van der Waals surface area contributed by atoms with Crippen LogP contribution in [0.5, 0.6) is 0 Å². The number of aromatic carboxylic acids is 1. The predicted molar refractivity (Wildman–Crippen MR) is 69.8 cm³/mol. The van der Waals surface area contributed by atoms with Crippen molar-refractivity contribution in [3.63, 3.8) is 0 Å². The van der Waals surface area contributed by atoms with Gasteiger partial charge in [0.05, 0.1) is 5.69 Å². The van der Waals surface area contributed by atoms with Gasteiger partial charge in [0.2, 0.25) is 0 Å². The summed E-state index contributed by atoms with van der Waals surface area (Å²) in [5.74, 6) is -1.85. The molecule has 6 heteroatoms. The van der Waals surface area contributed by atoms with Gasteiger partial charge in [0, 0.05) is 6.54 Å². The van der Waals surface area contributed by atoms with Crippen molar-refractivity contribution in [3.05, 3.63) is 29.6 Å². The van der Waals surface area contributed by atoms with Crippen LogP contribution in [-0.2, 0) is 0 Å². The first-order valence-corrected chi connectivity index (χ1v) is 5.98. The molecule has 2 amide bonds. The number of carboxylic acids is 1. The summed E-state index contributed by atoms with van der Waals surface area (Å²) in [5, 5.41) is 13.8. The standard InChI is InChI=1S/C13H17FN2O3/c1-8(2)6-7-15-13(19)16-10-5-3-4-9(14)11(10)12(17)18/h3-5,8H,6-7H2,1-2H3,(H,17,18)(H2,15,16,19). The van der Waals surface area contributed by atoms with Crippen LogP contribution in [-0.4, -0.2) is 23.7 Å². The van der Waals surface area contributed by atoms with Gasteiger partial charge < -0.3 is 15.7 Å². The molecule has 0 atom stereocenters. The molecule has 1 rings (SSSR count). The second-order valence-corrected chi connectivity index (χ2v) is 4.53. The summed E-state index contributed by atoms with van der Waals surface area (Å²) in [4.78, 5) is 22.5. The molecule has 0 heterocycles. The Morgan fingerprint density at radius 3 is 2.63 bits per heavy atom. The molecule has 1 aromatic rings. The minimum Gasteiger partial charge on any atom is -0.478 e. The number of anilines is 1. The van der Waals surface area contributed by atoms with Gasteiger partial charge in [-0.3, -0.25) is 0 Å².